The highest BCUT2D eigenvalue weighted by Gasteiger charge is 2.32. The van der Waals surface area contributed by atoms with Crippen LogP contribution < -0.4 is 10.1 Å². The number of hydrogen-bond acceptors (Lipinski definition) is 8. The second-order valence-corrected chi connectivity index (χ2v) is 10.4. The first-order valence-electron chi connectivity index (χ1n) is 9.84. The summed E-state index contributed by atoms with van der Waals surface area (Å²) in [6, 6.07) is 12.4. The molecule has 9 nitrogen and oxygen atoms in total. The van der Waals surface area contributed by atoms with Crippen LogP contribution in [0.3, 0.4) is 0 Å². The van der Waals surface area contributed by atoms with Gasteiger partial charge in [-0.25, -0.2) is 22.7 Å². The third-order valence-electron chi connectivity index (χ3n) is 5.09. The number of hydrazone groups is 1. The molecule has 2 aromatic carbocycles. The lowest BCUT2D eigenvalue weighted by atomic mass is 10.0. The lowest BCUT2D eigenvalue weighted by Gasteiger charge is -2.29. The average Bonchev–Trinajstić information content (AvgIpc) is 3.28. The van der Waals surface area contributed by atoms with E-state index in [1.165, 1.54) is 51.2 Å². The predicted molar refractivity (Wildman–Crippen MR) is 126 cm³/mol. The summed E-state index contributed by atoms with van der Waals surface area (Å²) in [7, 11) is 0.710. The zero-order valence-corrected chi connectivity index (χ0v) is 19.5. The molecule has 168 valence electrons. The van der Waals surface area contributed by atoms with Crippen molar-refractivity contribution in [2.75, 3.05) is 32.3 Å². The smallest absolute Gasteiger partial charge is 0.242 e. The number of thioether (sulfide) groups is 1. The molecule has 4 rings (SSSR count). The fourth-order valence-electron chi connectivity index (χ4n) is 3.45. The van der Waals surface area contributed by atoms with Crippen molar-refractivity contribution in [3.05, 3.63) is 48.0 Å². The van der Waals surface area contributed by atoms with Crippen molar-refractivity contribution in [1.29, 1.82) is 0 Å². The maximum atomic E-state index is 12.7. The Morgan fingerprint density at radius 3 is 2.81 bits per heavy atom. The number of hydrogen-bond donors (Lipinski definition) is 1. The van der Waals surface area contributed by atoms with Gasteiger partial charge in [0.05, 0.1) is 35.2 Å². The van der Waals surface area contributed by atoms with E-state index in [1.807, 2.05) is 35.5 Å². The first-order valence-corrected chi connectivity index (χ1v) is 12.3. The summed E-state index contributed by atoms with van der Waals surface area (Å²) < 4.78 is 31.3. The molecule has 0 saturated heterocycles. The lowest BCUT2D eigenvalue weighted by Crippen LogP contribution is -2.29. The Morgan fingerprint density at radius 1 is 1.28 bits per heavy atom. The largest absolute Gasteiger partial charge is 0.495 e. The molecule has 2 heterocycles. The van der Waals surface area contributed by atoms with Crippen molar-refractivity contribution in [2.45, 2.75) is 17.4 Å². The van der Waals surface area contributed by atoms with Gasteiger partial charge in [-0.1, -0.05) is 30.0 Å². The summed E-state index contributed by atoms with van der Waals surface area (Å²) >= 11 is 1.28. The van der Waals surface area contributed by atoms with E-state index in [2.05, 4.69) is 15.4 Å². The molecule has 1 unspecified atom stereocenters. The first kappa shape index (κ1) is 22.3. The molecule has 2 aromatic rings. The minimum absolute atomic E-state index is 0.0637. The summed E-state index contributed by atoms with van der Waals surface area (Å²) in [6.07, 6.45) is 2.64. The number of amidine groups is 1. The van der Waals surface area contributed by atoms with E-state index in [0.29, 0.717) is 10.9 Å². The number of amides is 1. The van der Waals surface area contributed by atoms with Gasteiger partial charge in [0.1, 0.15) is 5.75 Å². The zero-order chi connectivity index (χ0) is 22.9. The van der Waals surface area contributed by atoms with Gasteiger partial charge in [-0.05, 0) is 24.3 Å². The monoisotopic (exact) mass is 473 g/mol. The highest BCUT2D eigenvalue weighted by Crippen LogP contribution is 2.41. The van der Waals surface area contributed by atoms with Crippen molar-refractivity contribution in [3.8, 4) is 5.75 Å². The van der Waals surface area contributed by atoms with Crippen LogP contribution in [0.5, 0.6) is 5.75 Å². The predicted octanol–water partition coefficient (Wildman–Crippen LogP) is 3.05. The van der Waals surface area contributed by atoms with Gasteiger partial charge in [0, 0.05) is 32.3 Å². The normalized spacial score (nSPS) is 17.1. The van der Waals surface area contributed by atoms with Crippen LogP contribution in [0.15, 0.2) is 57.5 Å². The SMILES string of the molecule is COc1ccc(S(=O)(=O)N(C)C)cc1NC(=O)CSC1=Nc2ccccc2C2CC=NN12. The van der Waals surface area contributed by atoms with E-state index in [4.69, 9.17) is 4.74 Å². The van der Waals surface area contributed by atoms with Crippen LogP contribution in [0, 0.1) is 0 Å². The molecule has 0 aliphatic carbocycles. The Labute approximate surface area is 191 Å². The van der Waals surface area contributed by atoms with Crippen LogP contribution in [0.25, 0.3) is 0 Å². The van der Waals surface area contributed by atoms with E-state index < -0.39 is 10.0 Å². The molecule has 32 heavy (non-hydrogen) atoms. The van der Waals surface area contributed by atoms with Gasteiger partial charge in [-0.2, -0.15) is 5.10 Å². The summed E-state index contributed by atoms with van der Waals surface area (Å²) in [6.45, 7) is 0. The van der Waals surface area contributed by atoms with Crippen molar-refractivity contribution in [1.82, 2.24) is 9.31 Å². The van der Waals surface area contributed by atoms with Gasteiger partial charge < -0.3 is 10.1 Å². The van der Waals surface area contributed by atoms with Gasteiger partial charge in [0.25, 0.3) is 0 Å². The van der Waals surface area contributed by atoms with Crippen LogP contribution in [0.2, 0.25) is 0 Å². The van der Waals surface area contributed by atoms with Crippen LogP contribution in [-0.4, -0.2) is 62.0 Å². The number of carbonyl (C=O) groups is 1. The average molecular weight is 474 g/mol. The fourth-order valence-corrected chi connectivity index (χ4v) is 5.18. The van der Waals surface area contributed by atoms with Crippen LogP contribution in [0.1, 0.15) is 18.0 Å². The van der Waals surface area contributed by atoms with E-state index >= 15 is 0 Å². The van der Waals surface area contributed by atoms with E-state index in [-0.39, 0.29) is 28.3 Å². The Bertz CT molecular complexity index is 1210. The van der Waals surface area contributed by atoms with Crippen molar-refractivity contribution in [2.24, 2.45) is 10.1 Å². The van der Waals surface area contributed by atoms with Crippen LogP contribution >= 0.6 is 11.8 Å². The van der Waals surface area contributed by atoms with E-state index in [1.54, 1.807) is 0 Å². The number of carbonyl (C=O) groups excluding carboxylic acids is 1. The summed E-state index contributed by atoms with van der Waals surface area (Å²) in [4.78, 5) is 17.4. The molecular formula is C21H23N5O4S2. The number of fused-ring (bicyclic) bond motifs is 3. The minimum Gasteiger partial charge on any atom is -0.495 e. The lowest BCUT2D eigenvalue weighted by molar-refractivity contribution is -0.113. The molecule has 0 radical (unpaired) electrons. The number of nitrogens with one attached hydrogen (secondary N) is 1. The number of methoxy groups -OCH3 is 1. The highest BCUT2D eigenvalue weighted by molar-refractivity contribution is 8.14. The number of ether oxygens (including phenoxy) is 1. The third-order valence-corrected chi connectivity index (χ3v) is 7.85. The molecule has 11 heteroatoms. The number of para-hydroxylation sites is 1. The number of benzene rings is 2. The number of sulfonamides is 1. The van der Waals surface area contributed by atoms with Gasteiger partial charge in [-0.3, -0.25) is 4.79 Å². The van der Waals surface area contributed by atoms with Crippen molar-refractivity contribution >= 4 is 50.4 Å². The topological polar surface area (TPSA) is 104 Å². The third kappa shape index (κ3) is 4.23. The maximum Gasteiger partial charge on any atom is 0.242 e. The van der Waals surface area contributed by atoms with E-state index in [0.717, 1.165) is 22.0 Å². The molecular weight excluding hydrogens is 450 g/mol. The molecule has 1 N–H and O–H groups in total. The Hall–Kier alpha value is -2.89. The molecule has 1 atom stereocenters. The van der Waals surface area contributed by atoms with Crippen LogP contribution in [0.4, 0.5) is 11.4 Å². The van der Waals surface area contributed by atoms with Gasteiger partial charge in [-0.15, -0.1) is 0 Å². The molecule has 0 spiro atoms. The fraction of sp³-hybridized carbons (Fsp3) is 0.286. The minimum atomic E-state index is -3.65. The van der Waals surface area contributed by atoms with E-state index in [9.17, 15) is 13.2 Å². The Morgan fingerprint density at radius 2 is 2.06 bits per heavy atom. The Kier molecular flexibility index (Phi) is 6.22. The van der Waals surface area contributed by atoms with Gasteiger partial charge >= 0.3 is 0 Å². The number of nitrogens with zero attached hydrogens (tertiary/aromatic N) is 4. The quantitative estimate of drug-likeness (QED) is 0.692. The number of aliphatic imine (C=N–C) groups is 1. The van der Waals surface area contributed by atoms with Crippen molar-refractivity contribution < 1.29 is 17.9 Å². The summed E-state index contributed by atoms with van der Waals surface area (Å²) in [5.74, 6) is 0.135. The second kappa shape index (κ2) is 8.93. The molecule has 2 aliphatic rings. The summed E-state index contributed by atoms with van der Waals surface area (Å²) in [5, 5.41) is 9.65. The van der Waals surface area contributed by atoms with Gasteiger partial charge in [0.15, 0.2) is 5.17 Å². The number of anilines is 1. The molecule has 0 saturated carbocycles. The summed E-state index contributed by atoms with van der Waals surface area (Å²) in [5.41, 5.74) is 2.28. The van der Waals surface area contributed by atoms with Crippen LogP contribution in [-0.2, 0) is 14.8 Å². The molecule has 2 aliphatic heterocycles. The molecule has 1 amide bonds. The van der Waals surface area contributed by atoms with Crippen molar-refractivity contribution in [3.63, 3.8) is 0 Å². The number of rotatable bonds is 6. The highest BCUT2D eigenvalue weighted by atomic mass is 32.2. The molecule has 0 aromatic heterocycles. The molecule has 0 bridgehead atoms. The first-order chi connectivity index (χ1) is 15.3. The zero-order valence-electron chi connectivity index (χ0n) is 17.8. The second-order valence-electron chi connectivity index (χ2n) is 7.33. The maximum absolute atomic E-state index is 12.7. The molecule has 0 fully saturated rings. The Balaban J connectivity index is 1.50. The standard InChI is InChI=1S/C21H23N5O4S2/c1-25(2)32(28,29)14-8-9-19(30-3)17(12-14)23-20(27)13-31-21-24-16-7-5-4-6-15(16)18-10-11-22-26(18)21/h4-9,11-12,18H,10,13H2,1-3H3,(H,23,27). The van der Waals surface area contributed by atoms with Gasteiger partial charge in [0.2, 0.25) is 15.9 Å².